The highest BCUT2D eigenvalue weighted by atomic mass is 16.5. The van der Waals surface area contributed by atoms with Crippen molar-refractivity contribution in [2.75, 3.05) is 19.8 Å². The van der Waals surface area contributed by atoms with Gasteiger partial charge in [0.25, 0.3) is 0 Å². The van der Waals surface area contributed by atoms with Crippen LogP contribution in [0.1, 0.15) is 56.3 Å². The van der Waals surface area contributed by atoms with Crippen LogP contribution in [0, 0.1) is 5.92 Å². The Hall–Kier alpha value is -1.40. The number of carbonyl (C=O) groups excluding carboxylic acids is 1. The molecule has 0 bridgehead atoms. The van der Waals surface area contributed by atoms with Crippen molar-refractivity contribution in [2.24, 2.45) is 5.92 Å². The first-order valence-electron chi connectivity index (χ1n) is 9.95. The van der Waals surface area contributed by atoms with Crippen molar-refractivity contribution in [3.8, 4) is 0 Å². The zero-order valence-corrected chi connectivity index (χ0v) is 15.1. The molecule has 138 valence electrons. The van der Waals surface area contributed by atoms with Crippen molar-refractivity contribution in [3.63, 3.8) is 0 Å². The third-order valence-corrected chi connectivity index (χ3v) is 6.00. The van der Waals surface area contributed by atoms with Crippen molar-refractivity contribution >= 4 is 5.91 Å². The molecule has 1 amide bonds. The molecule has 1 saturated carbocycles. The quantitative estimate of drug-likeness (QED) is 0.907. The Morgan fingerprint density at radius 3 is 2.76 bits per heavy atom. The van der Waals surface area contributed by atoms with Crippen LogP contribution in [0.25, 0.3) is 0 Å². The molecule has 1 aromatic heterocycles. The van der Waals surface area contributed by atoms with Crippen LogP contribution in [-0.2, 0) is 29.2 Å². The number of ether oxygens (including phenoxy) is 1. The van der Waals surface area contributed by atoms with E-state index in [2.05, 4.69) is 21.0 Å². The van der Waals surface area contributed by atoms with Crippen LogP contribution >= 0.6 is 0 Å². The van der Waals surface area contributed by atoms with Gasteiger partial charge in [-0.05, 0) is 31.7 Å². The van der Waals surface area contributed by atoms with E-state index < -0.39 is 0 Å². The van der Waals surface area contributed by atoms with Gasteiger partial charge in [-0.3, -0.25) is 14.4 Å². The van der Waals surface area contributed by atoms with E-state index in [4.69, 9.17) is 9.84 Å². The van der Waals surface area contributed by atoms with Gasteiger partial charge < -0.3 is 10.1 Å². The van der Waals surface area contributed by atoms with Crippen LogP contribution < -0.4 is 5.32 Å². The Balaban J connectivity index is 1.31. The largest absolute Gasteiger partial charge is 0.381 e. The number of nitrogens with one attached hydrogen (secondary N) is 1. The Morgan fingerprint density at radius 2 is 1.96 bits per heavy atom. The average molecular weight is 346 g/mol. The van der Waals surface area contributed by atoms with Gasteiger partial charge >= 0.3 is 0 Å². The highest BCUT2D eigenvalue weighted by Gasteiger charge is 2.26. The topological polar surface area (TPSA) is 59.4 Å². The van der Waals surface area contributed by atoms with Gasteiger partial charge in [-0.15, -0.1) is 0 Å². The van der Waals surface area contributed by atoms with Gasteiger partial charge in [0.15, 0.2) is 0 Å². The van der Waals surface area contributed by atoms with Crippen molar-refractivity contribution in [2.45, 2.75) is 70.6 Å². The summed E-state index contributed by atoms with van der Waals surface area (Å²) in [5, 5.41) is 7.77. The highest BCUT2D eigenvalue weighted by molar-refractivity contribution is 5.78. The van der Waals surface area contributed by atoms with Gasteiger partial charge in [-0.1, -0.05) is 19.3 Å². The zero-order chi connectivity index (χ0) is 17.1. The maximum Gasteiger partial charge on any atom is 0.223 e. The number of amides is 1. The minimum atomic E-state index is 0.104. The fourth-order valence-electron chi connectivity index (χ4n) is 4.47. The predicted octanol–water partition coefficient (Wildman–Crippen LogP) is 2.07. The number of nitrogens with zero attached hydrogens (tertiary/aromatic N) is 3. The number of hydrogen-bond donors (Lipinski definition) is 1. The molecular formula is C19H30N4O2. The summed E-state index contributed by atoms with van der Waals surface area (Å²) in [6.45, 7) is 5.03. The summed E-state index contributed by atoms with van der Waals surface area (Å²) >= 11 is 0. The number of fused-ring (bicyclic) bond motifs is 1. The third-order valence-electron chi connectivity index (χ3n) is 6.00. The maximum atomic E-state index is 12.3. The van der Waals surface area contributed by atoms with Gasteiger partial charge in [-0.2, -0.15) is 5.10 Å². The second-order valence-electron chi connectivity index (χ2n) is 7.72. The number of aromatic nitrogens is 2. The van der Waals surface area contributed by atoms with E-state index in [0.29, 0.717) is 19.8 Å². The van der Waals surface area contributed by atoms with Gasteiger partial charge in [0.1, 0.15) is 0 Å². The molecule has 0 aromatic carbocycles. The maximum absolute atomic E-state index is 12.3. The average Bonchev–Trinajstić information content (AvgIpc) is 3.09. The summed E-state index contributed by atoms with van der Waals surface area (Å²) in [6.07, 6.45) is 8.53. The summed E-state index contributed by atoms with van der Waals surface area (Å²) < 4.78 is 7.46. The van der Waals surface area contributed by atoms with Crippen molar-refractivity contribution in [1.82, 2.24) is 20.0 Å². The molecule has 1 saturated heterocycles. The van der Waals surface area contributed by atoms with E-state index >= 15 is 0 Å². The smallest absolute Gasteiger partial charge is 0.223 e. The van der Waals surface area contributed by atoms with Gasteiger partial charge in [0.05, 0.1) is 24.5 Å². The van der Waals surface area contributed by atoms with Crippen LogP contribution in [0.5, 0.6) is 0 Å². The lowest BCUT2D eigenvalue weighted by atomic mass is 9.94. The molecule has 6 heteroatoms. The molecule has 3 aliphatic rings. The van der Waals surface area contributed by atoms with Crippen LogP contribution in [0.15, 0.2) is 6.07 Å². The Bertz CT molecular complexity index is 588. The standard InChI is InChI=1S/C19H30N4O2/c24-19(15-6-10-25-11-7-15)20-13-16-12-18-14-22(8-9-23(18)21-16)17-4-2-1-3-5-17/h12,15,17H,1-11,13-14H2,(H,20,24). The monoisotopic (exact) mass is 346 g/mol. The molecule has 2 fully saturated rings. The normalized spacial score (nSPS) is 23.4. The second kappa shape index (κ2) is 7.87. The van der Waals surface area contributed by atoms with Crippen LogP contribution in [0.4, 0.5) is 0 Å². The van der Waals surface area contributed by atoms with E-state index in [-0.39, 0.29) is 11.8 Å². The number of carbonyl (C=O) groups is 1. The highest BCUT2D eigenvalue weighted by Crippen LogP contribution is 2.26. The summed E-state index contributed by atoms with van der Waals surface area (Å²) in [5.74, 6) is 0.255. The minimum absolute atomic E-state index is 0.104. The lowest BCUT2D eigenvalue weighted by Crippen LogP contribution is -2.42. The van der Waals surface area contributed by atoms with Crippen LogP contribution in [0.2, 0.25) is 0 Å². The van der Waals surface area contributed by atoms with E-state index in [1.54, 1.807) is 0 Å². The summed E-state index contributed by atoms with van der Waals surface area (Å²) in [5.41, 5.74) is 2.29. The minimum Gasteiger partial charge on any atom is -0.381 e. The molecule has 2 aliphatic heterocycles. The van der Waals surface area contributed by atoms with Crippen LogP contribution in [0.3, 0.4) is 0 Å². The van der Waals surface area contributed by atoms with E-state index in [1.165, 1.54) is 37.8 Å². The molecule has 4 rings (SSSR count). The van der Waals surface area contributed by atoms with Crippen LogP contribution in [-0.4, -0.2) is 46.4 Å². The van der Waals surface area contributed by atoms with E-state index in [9.17, 15) is 4.79 Å². The van der Waals surface area contributed by atoms with Gasteiger partial charge in [-0.25, -0.2) is 0 Å². The van der Waals surface area contributed by atoms with Gasteiger partial charge in [0.2, 0.25) is 5.91 Å². The Labute approximate surface area is 149 Å². The molecule has 0 spiro atoms. The Morgan fingerprint density at radius 1 is 1.16 bits per heavy atom. The fraction of sp³-hybridized carbons (Fsp3) is 0.789. The lowest BCUT2D eigenvalue weighted by Gasteiger charge is -2.36. The number of hydrogen-bond acceptors (Lipinski definition) is 4. The molecule has 25 heavy (non-hydrogen) atoms. The number of rotatable bonds is 4. The molecule has 3 heterocycles. The molecule has 0 unspecified atom stereocenters. The summed E-state index contributed by atoms with van der Waals surface area (Å²) in [4.78, 5) is 14.9. The molecule has 1 N–H and O–H groups in total. The Kier molecular flexibility index (Phi) is 5.36. The fourth-order valence-corrected chi connectivity index (χ4v) is 4.47. The molecule has 1 aromatic rings. The van der Waals surface area contributed by atoms with Crippen molar-refractivity contribution < 1.29 is 9.53 Å². The zero-order valence-electron chi connectivity index (χ0n) is 15.1. The lowest BCUT2D eigenvalue weighted by molar-refractivity contribution is -0.128. The molecular weight excluding hydrogens is 316 g/mol. The SMILES string of the molecule is O=C(NCc1cc2n(n1)CCN(C1CCCCC1)C2)C1CCOCC1. The summed E-state index contributed by atoms with van der Waals surface area (Å²) in [6, 6.07) is 2.94. The first-order valence-corrected chi connectivity index (χ1v) is 9.95. The second-order valence-corrected chi connectivity index (χ2v) is 7.72. The van der Waals surface area contributed by atoms with E-state index in [1.807, 2.05) is 0 Å². The van der Waals surface area contributed by atoms with Gasteiger partial charge in [0, 0.05) is 38.3 Å². The molecule has 6 nitrogen and oxygen atoms in total. The van der Waals surface area contributed by atoms with Crippen molar-refractivity contribution in [3.05, 3.63) is 17.5 Å². The first-order chi connectivity index (χ1) is 12.3. The first kappa shape index (κ1) is 17.0. The predicted molar refractivity (Wildman–Crippen MR) is 94.9 cm³/mol. The molecule has 0 atom stereocenters. The molecule has 0 radical (unpaired) electrons. The summed E-state index contributed by atoms with van der Waals surface area (Å²) in [7, 11) is 0. The van der Waals surface area contributed by atoms with E-state index in [0.717, 1.165) is 44.2 Å². The molecule has 1 aliphatic carbocycles. The third kappa shape index (κ3) is 4.06. The van der Waals surface area contributed by atoms with Crippen molar-refractivity contribution in [1.29, 1.82) is 0 Å².